The van der Waals surface area contributed by atoms with Crippen LogP contribution in [0.3, 0.4) is 0 Å². The molecular formula is C15H19F2IN4S. The number of guanidine groups is 1. The summed E-state index contributed by atoms with van der Waals surface area (Å²) in [6.07, 6.45) is 0. The van der Waals surface area contributed by atoms with Crippen molar-refractivity contribution >= 4 is 47.0 Å². The first-order valence-corrected chi connectivity index (χ1v) is 7.57. The molecule has 0 amide bonds. The number of nitrogens with two attached hydrogens (primary N) is 1. The van der Waals surface area contributed by atoms with Gasteiger partial charge in [-0.1, -0.05) is 6.07 Å². The molecule has 0 aliphatic carbocycles. The van der Waals surface area contributed by atoms with Crippen LogP contribution in [0.1, 0.15) is 10.9 Å². The molecule has 1 aromatic heterocycles. The molecule has 8 heteroatoms. The van der Waals surface area contributed by atoms with Gasteiger partial charge >= 0.3 is 0 Å². The van der Waals surface area contributed by atoms with E-state index in [4.69, 9.17) is 5.73 Å². The van der Waals surface area contributed by atoms with Crippen LogP contribution < -0.4 is 11.1 Å². The lowest BCUT2D eigenvalue weighted by molar-refractivity contribution is 0.311. The van der Waals surface area contributed by atoms with E-state index in [-0.39, 0.29) is 41.7 Å². The van der Waals surface area contributed by atoms with Crippen molar-refractivity contribution in [2.75, 3.05) is 26.0 Å². The standard InChI is InChI=1S/C15H18F2N4S.HI/c1-21(2)13(14-4-3-7-22-14)9-19-15(18)20-12-8-10(16)5-6-11(12)17;/h3-8,13H,9H2,1-2H3,(H3,18,19,20);1H. The zero-order chi connectivity index (χ0) is 16.1. The molecule has 0 aliphatic heterocycles. The van der Waals surface area contributed by atoms with E-state index in [1.54, 1.807) is 11.3 Å². The van der Waals surface area contributed by atoms with Crippen LogP contribution in [0.25, 0.3) is 0 Å². The van der Waals surface area contributed by atoms with Crippen LogP contribution in [0.15, 0.2) is 40.7 Å². The summed E-state index contributed by atoms with van der Waals surface area (Å²) in [6, 6.07) is 7.22. The fourth-order valence-electron chi connectivity index (χ4n) is 1.94. The van der Waals surface area contributed by atoms with Gasteiger partial charge in [0.05, 0.1) is 18.3 Å². The number of hydrogen-bond acceptors (Lipinski definition) is 3. The summed E-state index contributed by atoms with van der Waals surface area (Å²) < 4.78 is 26.6. The van der Waals surface area contributed by atoms with Crippen LogP contribution in [0.4, 0.5) is 14.5 Å². The molecule has 2 aromatic rings. The molecule has 0 saturated heterocycles. The summed E-state index contributed by atoms with van der Waals surface area (Å²) >= 11 is 1.64. The highest BCUT2D eigenvalue weighted by atomic mass is 127. The molecule has 3 N–H and O–H groups in total. The summed E-state index contributed by atoms with van der Waals surface area (Å²) in [5.74, 6) is -1.07. The minimum atomic E-state index is -0.582. The lowest BCUT2D eigenvalue weighted by atomic mass is 10.2. The number of nitrogens with one attached hydrogen (secondary N) is 1. The van der Waals surface area contributed by atoms with E-state index < -0.39 is 11.6 Å². The number of anilines is 1. The van der Waals surface area contributed by atoms with Gasteiger partial charge in [0, 0.05) is 10.9 Å². The van der Waals surface area contributed by atoms with E-state index in [0.29, 0.717) is 6.54 Å². The molecular weight excluding hydrogens is 433 g/mol. The zero-order valence-corrected chi connectivity index (χ0v) is 15.9. The maximum atomic E-state index is 13.5. The lowest BCUT2D eigenvalue weighted by Gasteiger charge is -2.21. The van der Waals surface area contributed by atoms with E-state index in [1.807, 2.05) is 36.5 Å². The Kier molecular flexibility index (Phi) is 7.86. The van der Waals surface area contributed by atoms with Crippen molar-refractivity contribution in [2.45, 2.75) is 6.04 Å². The Labute approximate surface area is 155 Å². The molecule has 2 rings (SSSR count). The van der Waals surface area contributed by atoms with E-state index in [2.05, 4.69) is 10.3 Å². The Hall–Kier alpha value is -1.26. The van der Waals surface area contributed by atoms with Crippen LogP contribution in [-0.2, 0) is 0 Å². The van der Waals surface area contributed by atoms with Crippen LogP contribution in [0, 0.1) is 11.6 Å². The zero-order valence-electron chi connectivity index (χ0n) is 12.8. The van der Waals surface area contributed by atoms with Gasteiger partial charge in [-0.05, 0) is 37.7 Å². The molecule has 1 heterocycles. The second-order valence-electron chi connectivity index (χ2n) is 4.97. The number of benzene rings is 1. The fraction of sp³-hybridized carbons (Fsp3) is 0.267. The topological polar surface area (TPSA) is 53.6 Å². The molecule has 0 aliphatic rings. The van der Waals surface area contributed by atoms with Crippen LogP contribution >= 0.6 is 35.3 Å². The molecule has 4 nitrogen and oxygen atoms in total. The van der Waals surface area contributed by atoms with Crippen molar-refractivity contribution in [3.63, 3.8) is 0 Å². The monoisotopic (exact) mass is 452 g/mol. The van der Waals surface area contributed by atoms with E-state index in [1.165, 1.54) is 4.88 Å². The lowest BCUT2D eigenvalue weighted by Crippen LogP contribution is -2.27. The molecule has 1 aromatic carbocycles. The summed E-state index contributed by atoms with van der Waals surface area (Å²) in [5.41, 5.74) is 5.73. The molecule has 126 valence electrons. The van der Waals surface area contributed by atoms with Crippen molar-refractivity contribution in [2.24, 2.45) is 10.7 Å². The predicted octanol–water partition coefficient (Wildman–Crippen LogP) is 3.67. The number of likely N-dealkylation sites (N-methyl/N-ethyl adjacent to an activating group) is 1. The highest BCUT2D eigenvalue weighted by Gasteiger charge is 2.14. The number of nitrogens with zero attached hydrogens (tertiary/aromatic N) is 2. The Morgan fingerprint density at radius 1 is 1.35 bits per heavy atom. The maximum Gasteiger partial charge on any atom is 0.193 e. The maximum absolute atomic E-state index is 13.5. The van der Waals surface area contributed by atoms with Gasteiger partial charge in [0.15, 0.2) is 5.96 Å². The normalized spacial score (nSPS) is 12.8. The Morgan fingerprint density at radius 3 is 2.70 bits per heavy atom. The number of thiophene rings is 1. The summed E-state index contributed by atoms with van der Waals surface area (Å²) in [7, 11) is 3.91. The average molecular weight is 452 g/mol. The molecule has 0 saturated carbocycles. The van der Waals surface area contributed by atoms with Gasteiger partial charge in [-0.3, -0.25) is 4.99 Å². The van der Waals surface area contributed by atoms with Gasteiger partial charge < -0.3 is 16.0 Å². The molecule has 0 spiro atoms. The highest BCUT2D eigenvalue weighted by molar-refractivity contribution is 14.0. The van der Waals surface area contributed by atoms with Gasteiger partial charge in [0.25, 0.3) is 0 Å². The molecule has 23 heavy (non-hydrogen) atoms. The molecule has 0 bridgehead atoms. The Balaban J connectivity index is 0.00000264. The quantitative estimate of drug-likeness (QED) is 0.414. The second-order valence-corrected chi connectivity index (χ2v) is 5.95. The van der Waals surface area contributed by atoms with E-state index in [9.17, 15) is 8.78 Å². The van der Waals surface area contributed by atoms with E-state index in [0.717, 1.165) is 18.2 Å². The Bertz CT molecular complexity index is 647. The third-order valence-corrected chi connectivity index (χ3v) is 4.09. The Morgan fingerprint density at radius 2 is 2.09 bits per heavy atom. The number of rotatable bonds is 5. The van der Waals surface area contributed by atoms with Crippen molar-refractivity contribution in [3.05, 3.63) is 52.2 Å². The highest BCUT2D eigenvalue weighted by Crippen LogP contribution is 2.23. The summed E-state index contributed by atoms with van der Waals surface area (Å²) in [5, 5.41) is 4.59. The SMILES string of the molecule is CN(C)C(CN=C(N)Nc1cc(F)ccc1F)c1cccs1.I. The molecule has 1 atom stereocenters. The fourth-order valence-corrected chi connectivity index (χ4v) is 2.86. The molecule has 0 radical (unpaired) electrons. The van der Waals surface area contributed by atoms with Crippen molar-refractivity contribution in [3.8, 4) is 0 Å². The smallest absolute Gasteiger partial charge is 0.193 e. The van der Waals surface area contributed by atoms with Crippen molar-refractivity contribution in [1.29, 1.82) is 0 Å². The third kappa shape index (κ3) is 5.70. The van der Waals surface area contributed by atoms with E-state index >= 15 is 0 Å². The van der Waals surface area contributed by atoms with Crippen LogP contribution in [0.5, 0.6) is 0 Å². The summed E-state index contributed by atoms with van der Waals surface area (Å²) in [6.45, 7) is 0.420. The van der Waals surface area contributed by atoms with Crippen LogP contribution in [-0.4, -0.2) is 31.5 Å². The van der Waals surface area contributed by atoms with Gasteiger partial charge in [-0.25, -0.2) is 8.78 Å². The minimum absolute atomic E-state index is 0. The summed E-state index contributed by atoms with van der Waals surface area (Å²) in [4.78, 5) is 7.43. The number of aliphatic imine (C=N–C) groups is 1. The first-order chi connectivity index (χ1) is 10.5. The van der Waals surface area contributed by atoms with Crippen LogP contribution in [0.2, 0.25) is 0 Å². The second kappa shape index (κ2) is 9.14. The van der Waals surface area contributed by atoms with Crippen molar-refractivity contribution < 1.29 is 8.78 Å². The average Bonchev–Trinajstić information content (AvgIpc) is 2.96. The van der Waals surface area contributed by atoms with Gasteiger partial charge in [-0.15, -0.1) is 35.3 Å². The largest absolute Gasteiger partial charge is 0.370 e. The van der Waals surface area contributed by atoms with Crippen molar-refractivity contribution in [1.82, 2.24) is 4.90 Å². The molecule has 0 fully saturated rings. The predicted molar refractivity (Wildman–Crippen MR) is 103 cm³/mol. The van der Waals surface area contributed by atoms with Gasteiger partial charge in [0.1, 0.15) is 11.6 Å². The first-order valence-electron chi connectivity index (χ1n) is 6.69. The minimum Gasteiger partial charge on any atom is -0.370 e. The molecule has 1 unspecified atom stereocenters. The first kappa shape index (κ1) is 19.8. The number of hydrogen-bond donors (Lipinski definition) is 2. The third-order valence-electron chi connectivity index (χ3n) is 3.12. The van der Waals surface area contributed by atoms with Gasteiger partial charge in [-0.2, -0.15) is 0 Å². The van der Waals surface area contributed by atoms with Gasteiger partial charge in [0.2, 0.25) is 0 Å². The number of halogens is 3.